The quantitative estimate of drug-likeness (QED) is 0.0262. The summed E-state index contributed by atoms with van der Waals surface area (Å²) in [6.07, 6.45) is 43.6. The van der Waals surface area contributed by atoms with E-state index >= 15 is 0 Å². The molecule has 0 radical (unpaired) electrons. The van der Waals surface area contributed by atoms with Gasteiger partial charge < -0.3 is 28.6 Å². The Morgan fingerprint density at radius 1 is 0.536 bits per heavy atom. The lowest BCUT2D eigenvalue weighted by Crippen LogP contribution is -2.55. The lowest BCUT2D eigenvalue weighted by Gasteiger charge is -2.34. The minimum absolute atomic E-state index is 0.0222. The summed E-state index contributed by atoms with van der Waals surface area (Å²) in [5, 5.41) is 11.6. The first-order chi connectivity index (χ1) is 27.1. The molecule has 0 amide bonds. The van der Waals surface area contributed by atoms with Crippen LogP contribution in [0.15, 0.2) is 24.3 Å². The lowest BCUT2D eigenvalue weighted by atomic mass is 10.0. The van der Waals surface area contributed by atoms with Gasteiger partial charge in [-0.15, -0.1) is 0 Å². The van der Waals surface area contributed by atoms with Crippen molar-refractivity contribution in [3.05, 3.63) is 24.3 Å². The molecule has 0 bridgehead atoms. The topological polar surface area (TPSA) is 102 Å². The van der Waals surface area contributed by atoms with Gasteiger partial charge in [-0.05, 0) is 32.1 Å². The molecule has 8 heteroatoms. The number of quaternary nitrogens is 1. The van der Waals surface area contributed by atoms with Crippen molar-refractivity contribution in [2.75, 3.05) is 41.0 Å². The Bertz CT molecular complexity index is 973. The molecular formula is C48H89NO7. The third-order valence-corrected chi connectivity index (χ3v) is 10.6. The van der Waals surface area contributed by atoms with E-state index in [-0.39, 0.29) is 49.1 Å². The summed E-state index contributed by atoms with van der Waals surface area (Å²) in [5.41, 5.74) is 0. The predicted molar refractivity (Wildman–Crippen MR) is 231 cm³/mol. The second kappa shape index (κ2) is 39.6. The van der Waals surface area contributed by atoms with E-state index in [1.807, 2.05) is 6.08 Å². The third kappa shape index (κ3) is 37.4. The standard InChI is InChI=1S/C48H89NO7/c1-6-8-10-12-14-16-18-20-21-22-23-24-25-27-28-30-32-34-36-38-46(50)55-43-44(42-54-41-40-45(48(52)53)49(3,4)5)56-47(51)39-37-35-33-31-29-26-19-17-15-13-11-9-7-2/h26,29,33,35,44-45H,6-25,27-28,30-32,34,36-43H2,1-5H3/b29-26+,35-33+. The highest BCUT2D eigenvalue weighted by atomic mass is 16.6. The Balaban J connectivity index is 4.29. The van der Waals surface area contributed by atoms with Gasteiger partial charge >= 0.3 is 11.9 Å². The van der Waals surface area contributed by atoms with E-state index in [1.165, 1.54) is 141 Å². The smallest absolute Gasteiger partial charge is 0.306 e. The average molecular weight is 792 g/mol. The summed E-state index contributed by atoms with van der Waals surface area (Å²) in [5.74, 6) is -1.81. The van der Waals surface area contributed by atoms with Crippen LogP contribution in [0.3, 0.4) is 0 Å². The molecular weight excluding hydrogens is 703 g/mol. The normalized spacial score (nSPS) is 13.1. The number of allylic oxidation sites excluding steroid dienone is 4. The van der Waals surface area contributed by atoms with Gasteiger partial charge in [-0.2, -0.15) is 0 Å². The number of carboxylic acids is 1. The molecule has 0 N–H and O–H groups in total. The number of unbranched alkanes of at least 4 members (excludes halogenated alkanes) is 24. The summed E-state index contributed by atoms with van der Waals surface area (Å²) in [7, 11) is 5.40. The molecule has 0 aliphatic heterocycles. The van der Waals surface area contributed by atoms with E-state index < -0.39 is 18.1 Å². The molecule has 56 heavy (non-hydrogen) atoms. The minimum atomic E-state index is -1.13. The number of aliphatic carboxylic acids is 1. The van der Waals surface area contributed by atoms with Gasteiger partial charge in [-0.25, -0.2) is 0 Å². The molecule has 2 atom stereocenters. The fourth-order valence-electron chi connectivity index (χ4n) is 6.95. The van der Waals surface area contributed by atoms with Crippen molar-refractivity contribution < 1.29 is 38.2 Å². The number of esters is 2. The molecule has 0 rings (SSSR count). The summed E-state index contributed by atoms with van der Waals surface area (Å²) in [6, 6.07) is -0.731. The maximum absolute atomic E-state index is 12.7. The lowest BCUT2D eigenvalue weighted by molar-refractivity contribution is -0.889. The van der Waals surface area contributed by atoms with Crippen molar-refractivity contribution in [2.45, 2.75) is 225 Å². The Kier molecular flexibility index (Phi) is 38.1. The maximum atomic E-state index is 12.7. The molecule has 2 unspecified atom stereocenters. The molecule has 0 aromatic heterocycles. The van der Waals surface area contributed by atoms with Gasteiger partial charge in [0.1, 0.15) is 12.6 Å². The van der Waals surface area contributed by atoms with Crippen LogP contribution >= 0.6 is 0 Å². The number of hydrogen-bond donors (Lipinski definition) is 0. The Morgan fingerprint density at radius 3 is 1.45 bits per heavy atom. The Labute approximate surface area is 345 Å². The van der Waals surface area contributed by atoms with Crippen LogP contribution in [-0.4, -0.2) is 75.5 Å². The van der Waals surface area contributed by atoms with E-state index in [4.69, 9.17) is 14.2 Å². The first-order valence-corrected chi connectivity index (χ1v) is 23.4. The third-order valence-electron chi connectivity index (χ3n) is 10.6. The molecule has 0 aliphatic rings. The fraction of sp³-hybridized carbons (Fsp3) is 0.854. The molecule has 0 saturated carbocycles. The second-order valence-electron chi connectivity index (χ2n) is 17.0. The predicted octanol–water partition coefficient (Wildman–Crippen LogP) is 11.5. The van der Waals surface area contributed by atoms with Crippen LogP contribution in [0.25, 0.3) is 0 Å². The highest BCUT2D eigenvalue weighted by Gasteiger charge is 2.25. The Morgan fingerprint density at radius 2 is 0.982 bits per heavy atom. The minimum Gasteiger partial charge on any atom is -0.544 e. The first-order valence-electron chi connectivity index (χ1n) is 23.4. The molecule has 8 nitrogen and oxygen atoms in total. The van der Waals surface area contributed by atoms with Crippen molar-refractivity contribution in [3.63, 3.8) is 0 Å². The highest BCUT2D eigenvalue weighted by Crippen LogP contribution is 2.16. The number of carbonyl (C=O) groups is 3. The Hall–Kier alpha value is -2.19. The van der Waals surface area contributed by atoms with E-state index in [9.17, 15) is 19.5 Å². The van der Waals surface area contributed by atoms with Crippen molar-refractivity contribution in [1.82, 2.24) is 0 Å². The number of likely N-dealkylation sites (N-methyl/N-ethyl adjacent to an activating group) is 1. The number of carboxylic acid groups (broad SMARTS) is 1. The van der Waals surface area contributed by atoms with E-state index in [0.29, 0.717) is 12.8 Å². The zero-order valence-electron chi connectivity index (χ0n) is 37.3. The molecule has 0 heterocycles. The van der Waals surface area contributed by atoms with Crippen molar-refractivity contribution in [1.29, 1.82) is 0 Å². The molecule has 328 valence electrons. The summed E-state index contributed by atoms with van der Waals surface area (Å²) in [4.78, 5) is 36.8. The SMILES string of the molecule is CCCCCCCC/C=C/C/C=C/CCC(=O)OC(COCCC(C(=O)[O-])[N+](C)(C)C)COC(=O)CCCCCCCCCCCCCCCCCCCCC. The van der Waals surface area contributed by atoms with Crippen LogP contribution in [0.2, 0.25) is 0 Å². The van der Waals surface area contributed by atoms with Gasteiger partial charge in [0.25, 0.3) is 0 Å². The maximum Gasteiger partial charge on any atom is 0.306 e. The number of hydrogen-bond acceptors (Lipinski definition) is 7. The van der Waals surface area contributed by atoms with Gasteiger partial charge in [0.2, 0.25) is 0 Å². The summed E-state index contributed by atoms with van der Waals surface area (Å²) < 4.78 is 17.1. The summed E-state index contributed by atoms with van der Waals surface area (Å²) in [6.45, 7) is 4.62. The van der Waals surface area contributed by atoms with Gasteiger partial charge in [-0.3, -0.25) is 9.59 Å². The van der Waals surface area contributed by atoms with Crippen LogP contribution in [0.1, 0.15) is 213 Å². The van der Waals surface area contributed by atoms with Crippen molar-refractivity contribution in [3.8, 4) is 0 Å². The van der Waals surface area contributed by atoms with E-state index in [2.05, 4.69) is 32.1 Å². The van der Waals surface area contributed by atoms with Gasteiger partial charge in [0.15, 0.2) is 6.10 Å². The number of rotatable bonds is 42. The van der Waals surface area contributed by atoms with Crippen LogP contribution in [0.5, 0.6) is 0 Å². The van der Waals surface area contributed by atoms with E-state index in [0.717, 1.165) is 32.1 Å². The number of nitrogens with zero attached hydrogens (tertiary/aromatic N) is 1. The zero-order chi connectivity index (χ0) is 41.4. The van der Waals surface area contributed by atoms with Crippen LogP contribution in [0.4, 0.5) is 0 Å². The van der Waals surface area contributed by atoms with Crippen LogP contribution < -0.4 is 5.11 Å². The van der Waals surface area contributed by atoms with Crippen LogP contribution in [0, 0.1) is 0 Å². The van der Waals surface area contributed by atoms with Gasteiger partial charge in [0.05, 0.1) is 40.3 Å². The molecule has 0 saturated heterocycles. The molecule has 0 fully saturated rings. The highest BCUT2D eigenvalue weighted by molar-refractivity contribution is 5.70. The zero-order valence-corrected chi connectivity index (χ0v) is 37.3. The average Bonchev–Trinajstić information content (AvgIpc) is 3.15. The van der Waals surface area contributed by atoms with E-state index in [1.54, 1.807) is 21.1 Å². The molecule has 0 spiro atoms. The van der Waals surface area contributed by atoms with Gasteiger partial charge in [-0.1, -0.05) is 186 Å². The van der Waals surface area contributed by atoms with Crippen molar-refractivity contribution in [2.24, 2.45) is 0 Å². The van der Waals surface area contributed by atoms with Gasteiger partial charge in [0, 0.05) is 19.3 Å². The monoisotopic (exact) mass is 792 g/mol. The number of carbonyl (C=O) groups excluding carboxylic acids is 3. The largest absolute Gasteiger partial charge is 0.544 e. The first kappa shape index (κ1) is 53.8. The second-order valence-corrected chi connectivity index (χ2v) is 17.0. The summed E-state index contributed by atoms with van der Waals surface area (Å²) >= 11 is 0. The van der Waals surface area contributed by atoms with Crippen LogP contribution in [-0.2, 0) is 28.6 Å². The fourth-order valence-corrected chi connectivity index (χ4v) is 6.95. The molecule has 0 aliphatic carbocycles. The number of ether oxygens (including phenoxy) is 3. The van der Waals surface area contributed by atoms with Crippen molar-refractivity contribution >= 4 is 17.9 Å². The molecule has 0 aromatic rings. The molecule has 0 aromatic carbocycles.